The molecular weight excluding hydrogens is 444 g/mol. The van der Waals surface area contributed by atoms with Crippen LogP contribution in [-0.2, 0) is 30.9 Å². The first kappa shape index (κ1) is 24.6. The number of rotatable bonds is 10. The molecule has 0 saturated carbocycles. The molecule has 0 aromatic heterocycles. The van der Waals surface area contributed by atoms with Crippen molar-refractivity contribution in [2.45, 2.75) is 18.4 Å². The lowest BCUT2D eigenvalue weighted by atomic mass is 10.2. The van der Waals surface area contributed by atoms with Gasteiger partial charge in [0.05, 0.1) is 11.5 Å². The zero-order valence-electron chi connectivity index (χ0n) is 17.6. The van der Waals surface area contributed by atoms with Crippen LogP contribution in [0.1, 0.15) is 12.5 Å². The third kappa shape index (κ3) is 7.23. The van der Waals surface area contributed by atoms with Crippen molar-refractivity contribution in [2.75, 3.05) is 33.9 Å². The molecule has 2 aromatic carbocycles. The maximum atomic E-state index is 12.5. The highest BCUT2D eigenvalue weighted by atomic mass is 35.5. The maximum absolute atomic E-state index is 12.5. The number of carbonyl (C=O) groups excluding carboxylic acids is 2. The second kappa shape index (κ2) is 11.1. The standard InChI is InChI=1S/C21H25ClN2O6S/c1-4-29-18-9-5-16(6-10-18)13-23(2)20(25)15-30-21(26)14-24(3)31(27,28)19-11-7-17(22)8-12-19/h5-12H,4,13-15H2,1-3H3. The van der Waals surface area contributed by atoms with Crippen LogP contribution in [0.4, 0.5) is 0 Å². The normalized spacial score (nSPS) is 11.3. The average molecular weight is 469 g/mol. The van der Waals surface area contributed by atoms with Gasteiger partial charge < -0.3 is 14.4 Å². The third-order valence-electron chi connectivity index (χ3n) is 4.31. The molecule has 2 rings (SSSR count). The van der Waals surface area contributed by atoms with Gasteiger partial charge in [0.1, 0.15) is 12.3 Å². The van der Waals surface area contributed by atoms with E-state index < -0.39 is 35.1 Å². The van der Waals surface area contributed by atoms with Gasteiger partial charge in [-0.05, 0) is 48.9 Å². The largest absolute Gasteiger partial charge is 0.494 e. The van der Waals surface area contributed by atoms with Gasteiger partial charge in [-0.1, -0.05) is 23.7 Å². The minimum Gasteiger partial charge on any atom is -0.494 e. The molecule has 1 amide bonds. The van der Waals surface area contributed by atoms with Crippen LogP contribution in [0.2, 0.25) is 5.02 Å². The lowest BCUT2D eigenvalue weighted by molar-refractivity contribution is -0.151. The Kier molecular flexibility index (Phi) is 8.85. The van der Waals surface area contributed by atoms with E-state index in [0.717, 1.165) is 15.6 Å². The predicted octanol–water partition coefficient (Wildman–Crippen LogP) is 2.56. The predicted molar refractivity (Wildman–Crippen MR) is 116 cm³/mol. The molecule has 8 nitrogen and oxygen atoms in total. The van der Waals surface area contributed by atoms with Gasteiger partial charge in [0.25, 0.3) is 5.91 Å². The summed E-state index contributed by atoms with van der Waals surface area (Å²) in [6.45, 7) is 1.78. The van der Waals surface area contributed by atoms with Gasteiger partial charge in [-0.3, -0.25) is 9.59 Å². The first-order valence-corrected chi connectivity index (χ1v) is 11.3. The van der Waals surface area contributed by atoms with Gasteiger partial charge in [0.15, 0.2) is 6.61 Å². The molecular formula is C21H25ClN2O6S. The smallest absolute Gasteiger partial charge is 0.321 e. The van der Waals surface area contributed by atoms with Crippen LogP contribution in [0, 0.1) is 0 Å². The number of esters is 1. The van der Waals surface area contributed by atoms with Crippen LogP contribution < -0.4 is 4.74 Å². The highest BCUT2D eigenvalue weighted by molar-refractivity contribution is 7.89. The van der Waals surface area contributed by atoms with Gasteiger partial charge in [-0.2, -0.15) is 4.31 Å². The van der Waals surface area contributed by atoms with Gasteiger partial charge in [-0.25, -0.2) is 8.42 Å². The topological polar surface area (TPSA) is 93.2 Å². The van der Waals surface area contributed by atoms with Crippen molar-refractivity contribution in [1.29, 1.82) is 0 Å². The molecule has 0 radical (unpaired) electrons. The fourth-order valence-electron chi connectivity index (χ4n) is 2.57. The van der Waals surface area contributed by atoms with Crippen molar-refractivity contribution >= 4 is 33.5 Å². The van der Waals surface area contributed by atoms with Crippen molar-refractivity contribution in [3.63, 3.8) is 0 Å². The summed E-state index contributed by atoms with van der Waals surface area (Å²) in [5.41, 5.74) is 0.888. The summed E-state index contributed by atoms with van der Waals surface area (Å²) in [7, 11) is -1.04. The number of ether oxygens (including phenoxy) is 2. The van der Waals surface area contributed by atoms with Gasteiger partial charge in [0.2, 0.25) is 10.0 Å². The molecule has 0 aliphatic carbocycles. The summed E-state index contributed by atoms with van der Waals surface area (Å²) < 4.78 is 36.2. The van der Waals surface area contributed by atoms with Crippen molar-refractivity contribution in [2.24, 2.45) is 0 Å². The molecule has 0 N–H and O–H groups in total. The van der Waals surface area contributed by atoms with Gasteiger partial charge in [0, 0.05) is 25.7 Å². The van der Waals surface area contributed by atoms with E-state index in [0.29, 0.717) is 18.2 Å². The van der Waals surface area contributed by atoms with Crippen LogP contribution in [0.15, 0.2) is 53.4 Å². The number of benzene rings is 2. The molecule has 0 saturated heterocycles. The van der Waals surface area contributed by atoms with Crippen molar-refractivity contribution in [1.82, 2.24) is 9.21 Å². The number of carbonyl (C=O) groups is 2. The van der Waals surface area contributed by atoms with E-state index in [2.05, 4.69) is 0 Å². The van der Waals surface area contributed by atoms with Crippen molar-refractivity contribution in [3.8, 4) is 5.75 Å². The van der Waals surface area contributed by atoms with Gasteiger partial charge >= 0.3 is 5.97 Å². The number of halogens is 1. The summed E-state index contributed by atoms with van der Waals surface area (Å²) >= 11 is 5.77. The van der Waals surface area contributed by atoms with E-state index in [-0.39, 0.29) is 4.90 Å². The Morgan fingerprint density at radius 3 is 2.19 bits per heavy atom. The van der Waals surface area contributed by atoms with E-state index >= 15 is 0 Å². The lowest BCUT2D eigenvalue weighted by Gasteiger charge is -2.19. The number of hydrogen-bond acceptors (Lipinski definition) is 6. The first-order chi connectivity index (χ1) is 14.6. The lowest BCUT2D eigenvalue weighted by Crippen LogP contribution is -2.35. The maximum Gasteiger partial charge on any atom is 0.321 e. The number of hydrogen-bond donors (Lipinski definition) is 0. The second-order valence-electron chi connectivity index (χ2n) is 6.70. The summed E-state index contributed by atoms with van der Waals surface area (Å²) in [5, 5.41) is 0.397. The number of sulfonamides is 1. The minimum absolute atomic E-state index is 0.00151. The Balaban J connectivity index is 1.83. The average Bonchev–Trinajstić information content (AvgIpc) is 2.73. The SMILES string of the molecule is CCOc1ccc(CN(C)C(=O)COC(=O)CN(C)S(=O)(=O)c2ccc(Cl)cc2)cc1. The Morgan fingerprint density at radius 2 is 1.61 bits per heavy atom. The minimum atomic E-state index is -3.89. The molecule has 2 aromatic rings. The van der Waals surface area contributed by atoms with E-state index in [4.69, 9.17) is 21.1 Å². The summed E-state index contributed by atoms with van der Waals surface area (Å²) in [6, 6.07) is 12.9. The van der Waals surface area contributed by atoms with E-state index in [1.165, 1.54) is 36.2 Å². The number of amides is 1. The van der Waals surface area contributed by atoms with Crippen LogP contribution >= 0.6 is 11.6 Å². The van der Waals surface area contributed by atoms with Crippen LogP contribution in [-0.4, -0.2) is 63.4 Å². The highest BCUT2D eigenvalue weighted by Gasteiger charge is 2.24. The zero-order valence-corrected chi connectivity index (χ0v) is 19.1. The molecule has 0 heterocycles. The molecule has 10 heteroatoms. The molecule has 0 aliphatic heterocycles. The van der Waals surface area contributed by atoms with Crippen molar-refractivity contribution < 1.29 is 27.5 Å². The van der Waals surface area contributed by atoms with E-state index in [1.54, 1.807) is 7.05 Å². The monoisotopic (exact) mass is 468 g/mol. The summed E-state index contributed by atoms with van der Waals surface area (Å²) in [5.74, 6) is -0.500. The van der Waals surface area contributed by atoms with E-state index in [9.17, 15) is 18.0 Å². The molecule has 31 heavy (non-hydrogen) atoms. The number of likely N-dealkylation sites (N-methyl/N-ethyl adjacent to an activating group) is 2. The number of nitrogens with zero attached hydrogens (tertiary/aromatic N) is 2. The Morgan fingerprint density at radius 1 is 1.00 bits per heavy atom. The van der Waals surface area contributed by atoms with Crippen LogP contribution in [0.3, 0.4) is 0 Å². The van der Waals surface area contributed by atoms with Crippen LogP contribution in [0.5, 0.6) is 5.75 Å². The molecule has 168 valence electrons. The third-order valence-corrected chi connectivity index (χ3v) is 6.38. The molecule has 0 unspecified atom stereocenters. The quantitative estimate of drug-likeness (QED) is 0.497. The fourth-order valence-corrected chi connectivity index (χ4v) is 3.81. The molecule has 0 aliphatic rings. The molecule has 0 fully saturated rings. The Bertz CT molecular complexity index is 994. The first-order valence-electron chi connectivity index (χ1n) is 9.46. The van der Waals surface area contributed by atoms with E-state index in [1.807, 2.05) is 31.2 Å². The summed E-state index contributed by atoms with van der Waals surface area (Å²) in [6.07, 6.45) is 0. The highest BCUT2D eigenvalue weighted by Crippen LogP contribution is 2.17. The second-order valence-corrected chi connectivity index (χ2v) is 9.18. The molecule has 0 atom stereocenters. The Hall–Kier alpha value is -2.62. The summed E-state index contributed by atoms with van der Waals surface area (Å²) in [4.78, 5) is 25.7. The van der Waals surface area contributed by atoms with Crippen LogP contribution in [0.25, 0.3) is 0 Å². The molecule has 0 spiro atoms. The Labute approximate surface area is 187 Å². The van der Waals surface area contributed by atoms with Gasteiger partial charge in [-0.15, -0.1) is 0 Å². The zero-order chi connectivity index (χ0) is 23.0. The molecule has 0 bridgehead atoms. The fraction of sp³-hybridized carbons (Fsp3) is 0.333. The van der Waals surface area contributed by atoms with Crippen molar-refractivity contribution in [3.05, 3.63) is 59.1 Å².